The van der Waals surface area contributed by atoms with E-state index >= 15 is 0 Å². The minimum absolute atomic E-state index is 0.0936. The van der Waals surface area contributed by atoms with E-state index in [1.54, 1.807) is 39.8 Å². The number of carbonyl (C=O) groups is 5. The maximum atomic E-state index is 14.1. The van der Waals surface area contributed by atoms with Gasteiger partial charge in [0.05, 0.1) is 7.11 Å². The number of alkyl carbamates (subject to hydrolysis) is 1. The van der Waals surface area contributed by atoms with Crippen LogP contribution in [0.4, 0.5) is 4.79 Å². The Hall–Kier alpha value is -3.63. The number of rotatable bonds is 12. The van der Waals surface area contributed by atoms with Gasteiger partial charge < -0.3 is 30.7 Å². The van der Waals surface area contributed by atoms with E-state index in [1.165, 1.54) is 12.0 Å². The highest BCUT2D eigenvalue weighted by Crippen LogP contribution is 2.28. The molecule has 0 fully saturated rings. The third-order valence-electron chi connectivity index (χ3n) is 5.71. The van der Waals surface area contributed by atoms with Crippen LogP contribution in [0.5, 0.6) is 0 Å². The topological polar surface area (TPSA) is 157 Å². The Morgan fingerprint density at radius 1 is 1.05 bits per heavy atom. The Morgan fingerprint density at radius 2 is 1.63 bits per heavy atom. The van der Waals surface area contributed by atoms with Gasteiger partial charge >= 0.3 is 12.1 Å². The predicted molar refractivity (Wildman–Crippen MR) is 142 cm³/mol. The lowest BCUT2D eigenvalue weighted by Gasteiger charge is -2.38. The monoisotopic (exact) mass is 534 g/mol. The van der Waals surface area contributed by atoms with Gasteiger partial charge in [0.1, 0.15) is 24.2 Å². The Kier molecular flexibility index (Phi) is 12.2. The van der Waals surface area contributed by atoms with Crippen LogP contribution in [-0.2, 0) is 28.7 Å². The fourth-order valence-corrected chi connectivity index (χ4v) is 3.90. The third-order valence-corrected chi connectivity index (χ3v) is 5.71. The van der Waals surface area contributed by atoms with Crippen LogP contribution in [0.15, 0.2) is 18.2 Å². The summed E-state index contributed by atoms with van der Waals surface area (Å²) in [7, 11) is 1.20. The van der Waals surface area contributed by atoms with Crippen LogP contribution in [0, 0.1) is 13.8 Å². The number of amides is 4. The summed E-state index contributed by atoms with van der Waals surface area (Å²) in [6, 6.07) is 2.71. The molecule has 4 amide bonds. The van der Waals surface area contributed by atoms with E-state index in [-0.39, 0.29) is 19.4 Å². The number of benzene rings is 1. The van der Waals surface area contributed by atoms with Gasteiger partial charge in [0, 0.05) is 12.5 Å². The highest BCUT2D eigenvalue weighted by Gasteiger charge is 2.38. The minimum Gasteiger partial charge on any atom is -0.468 e. The summed E-state index contributed by atoms with van der Waals surface area (Å²) in [4.78, 5) is 64.9. The molecule has 11 heteroatoms. The molecule has 1 aromatic carbocycles. The van der Waals surface area contributed by atoms with Crippen LogP contribution < -0.4 is 16.4 Å². The van der Waals surface area contributed by atoms with Crippen molar-refractivity contribution in [1.29, 1.82) is 0 Å². The number of methoxy groups -OCH3 is 1. The van der Waals surface area contributed by atoms with E-state index in [0.29, 0.717) is 12.0 Å². The second-order valence-corrected chi connectivity index (χ2v) is 10.3. The van der Waals surface area contributed by atoms with Gasteiger partial charge in [0.25, 0.3) is 0 Å². The quantitative estimate of drug-likeness (QED) is 0.348. The number of aryl methyl sites for hydroxylation is 2. The maximum absolute atomic E-state index is 14.1. The van der Waals surface area contributed by atoms with Crippen molar-refractivity contribution < 1.29 is 33.4 Å². The van der Waals surface area contributed by atoms with Crippen molar-refractivity contribution in [3.05, 3.63) is 34.9 Å². The molecular weight excluding hydrogens is 492 g/mol. The summed E-state index contributed by atoms with van der Waals surface area (Å²) in [5.74, 6) is -2.49. The van der Waals surface area contributed by atoms with Gasteiger partial charge in [-0.3, -0.25) is 19.2 Å². The first kappa shape index (κ1) is 32.4. The normalized spacial score (nSPS) is 13.5. The second-order valence-electron chi connectivity index (χ2n) is 10.3. The zero-order chi connectivity index (χ0) is 29.2. The van der Waals surface area contributed by atoms with Crippen LogP contribution in [0.25, 0.3) is 0 Å². The highest BCUT2D eigenvalue weighted by atomic mass is 16.6. The first-order valence-corrected chi connectivity index (χ1v) is 12.6. The van der Waals surface area contributed by atoms with E-state index in [4.69, 9.17) is 10.5 Å². The van der Waals surface area contributed by atoms with E-state index in [1.807, 2.05) is 26.8 Å². The number of primary amides is 1. The van der Waals surface area contributed by atoms with E-state index in [9.17, 15) is 24.0 Å². The first-order chi connectivity index (χ1) is 17.6. The molecule has 0 aromatic heterocycles. The molecule has 0 heterocycles. The Balaban J connectivity index is 3.60. The van der Waals surface area contributed by atoms with Gasteiger partial charge in [0.15, 0.2) is 0 Å². The summed E-state index contributed by atoms with van der Waals surface area (Å²) >= 11 is 0. The molecule has 0 aliphatic heterocycles. The van der Waals surface area contributed by atoms with Gasteiger partial charge in [-0.1, -0.05) is 36.2 Å². The fourth-order valence-electron chi connectivity index (χ4n) is 3.90. The van der Waals surface area contributed by atoms with Crippen LogP contribution in [-0.4, -0.2) is 66.0 Å². The molecule has 0 saturated carbocycles. The van der Waals surface area contributed by atoms with E-state index in [0.717, 1.165) is 11.1 Å². The zero-order valence-corrected chi connectivity index (χ0v) is 23.7. The van der Waals surface area contributed by atoms with Crippen molar-refractivity contribution in [2.75, 3.05) is 13.7 Å². The number of hydrogen-bond acceptors (Lipinski definition) is 7. The second kappa shape index (κ2) is 14.3. The molecule has 0 aliphatic rings. The van der Waals surface area contributed by atoms with E-state index in [2.05, 4.69) is 15.4 Å². The summed E-state index contributed by atoms with van der Waals surface area (Å²) in [6.45, 7) is 12.0. The van der Waals surface area contributed by atoms with Crippen molar-refractivity contribution in [2.45, 2.75) is 91.5 Å². The number of nitrogens with zero attached hydrogens (tertiary/aromatic N) is 1. The lowest BCUT2D eigenvalue weighted by atomic mass is 9.96. The van der Waals surface area contributed by atoms with E-state index < -0.39 is 53.5 Å². The Bertz CT molecular complexity index is 999. The number of nitrogens with two attached hydrogens (primary N) is 1. The smallest absolute Gasteiger partial charge is 0.408 e. The van der Waals surface area contributed by atoms with Crippen molar-refractivity contribution >= 4 is 29.8 Å². The lowest BCUT2D eigenvalue weighted by molar-refractivity contribution is -0.146. The molecule has 212 valence electrons. The zero-order valence-electron chi connectivity index (χ0n) is 23.7. The number of esters is 1. The van der Waals surface area contributed by atoms with Crippen molar-refractivity contribution in [2.24, 2.45) is 5.73 Å². The van der Waals surface area contributed by atoms with Crippen LogP contribution in [0.2, 0.25) is 0 Å². The Labute approximate surface area is 224 Å². The molecule has 4 N–H and O–H groups in total. The van der Waals surface area contributed by atoms with Gasteiger partial charge in [-0.05, 0) is 59.9 Å². The molecule has 1 rings (SSSR count). The largest absolute Gasteiger partial charge is 0.468 e. The van der Waals surface area contributed by atoms with Gasteiger partial charge in [0.2, 0.25) is 17.7 Å². The molecule has 3 unspecified atom stereocenters. The molecule has 0 radical (unpaired) electrons. The number of nitrogens with one attached hydrogen (secondary N) is 2. The van der Waals surface area contributed by atoms with Crippen molar-refractivity contribution in [3.63, 3.8) is 0 Å². The number of ether oxygens (including phenoxy) is 2. The number of carbonyl (C=O) groups excluding carboxylic acids is 5. The van der Waals surface area contributed by atoms with Crippen molar-refractivity contribution in [1.82, 2.24) is 15.5 Å². The number of hydrogen-bond donors (Lipinski definition) is 3. The molecule has 0 bridgehead atoms. The molecule has 1 aromatic rings. The highest BCUT2D eigenvalue weighted by molar-refractivity contribution is 5.93. The lowest BCUT2D eigenvalue weighted by Crippen LogP contribution is -2.55. The molecule has 0 aliphatic carbocycles. The minimum atomic E-state index is -1.20. The fraction of sp³-hybridized carbons (Fsp3) is 0.593. The van der Waals surface area contributed by atoms with Crippen LogP contribution in [0.1, 0.15) is 76.6 Å². The van der Waals surface area contributed by atoms with Gasteiger partial charge in [-0.15, -0.1) is 0 Å². The average Bonchev–Trinajstić information content (AvgIpc) is 2.80. The summed E-state index contributed by atoms with van der Waals surface area (Å²) in [6.07, 6.45) is -0.637. The maximum Gasteiger partial charge on any atom is 0.408 e. The SMILES string of the molecule is CCC(C)N(C(=O)C(CCC(N)=O)NC(=O)OC(C)(C)C)C(C(=O)NCC(=O)OC)c1cc(C)cc(C)c1. The molecular formula is C27H42N4O7. The van der Waals surface area contributed by atoms with Gasteiger partial charge in [-0.25, -0.2) is 4.79 Å². The molecule has 3 atom stereocenters. The molecule has 11 nitrogen and oxygen atoms in total. The summed E-state index contributed by atoms with van der Waals surface area (Å²) in [5, 5.41) is 5.10. The molecule has 0 spiro atoms. The molecule has 0 saturated heterocycles. The van der Waals surface area contributed by atoms with Crippen LogP contribution >= 0.6 is 0 Å². The standard InChI is InChI=1S/C27H42N4O7/c1-9-18(4)31(25(35)20(10-11-21(28)32)30-26(36)38-27(5,6)7)23(24(34)29-15-22(33)37-8)19-13-16(2)12-17(3)14-19/h12-14,18,20,23H,9-11,15H2,1-8H3,(H2,28,32)(H,29,34)(H,30,36). The van der Waals surface area contributed by atoms with Gasteiger partial charge in [-0.2, -0.15) is 0 Å². The Morgan fingerprint density at radius 3 is 2.11 bits per heavy atom. The summed E-state index contributed by atoms with van der Waals surface area (Å²) in [5.41, 5.74) is 6.79. The van der Waals surface area contributed by atoms with Crippen molar-refractivity contribution in [3.8, 4) is 0 Å². The predicted octanol–water partition coefficient (Wildman–Crippen LogP) is 2.42. The third kappa shape index (κ3) is 10.4. The van der Waals surface area contributed by atoms with Crippen LogP contribution in [0.3, 0.4) is 0 Å². The average molecular weight is 535 g/mol. The first-order valence-electron chi connectivity index (χ1n) is 12.6. The molecule has 38 heavy (non-hydrogen) atoms. The summed E-state index contributed by atoms with van der Waals surface area (Å²) < 4.78 is 9.96.